The van der Waals surface area contributed by atoms with Gasteiger partial charge in [0.1, 0.15) is 0 Å². The number of aryl methyl sites for hydroxylation is 2. The maximum atomic E-state index is 12.1. The molecule has 2 aromatic rings. The van der Waals surface area contributed by atoms with E-state index < -0.39 is 0 Å². The van der Waals surface area contributed by atoms with Crippen LogP contribution in [0.2, 0.25) is 0 Å². The minimum Gasteiger partial charge on any atom is -0.394 e. The Morgan fingerprint density at radius 2 is 2.10 bits per heavy atom. The van der Waals surface area contributed by atoms with Crippen molar-refractivity contribution in [1.82, 2.24) is 9.47 Å². The lowest BCUT2D eigenvalue weighted by Crippen LogP contribution is -2.37. The van der Waals surface area contributed by atoms with Crippen molar-refractivity contribution in [2.24, 2.45) is 7.05 Å². The van der Waals surface area contributed by atoms with Gasteiger partial charge in [-0.25, -0.2) is 0 Å². The van der Waals surface area contributed by atoms with Gasteiger partial charge in [-0.2, -0.15) is 0 Å². The molecule has 2 rings (SSSR count). The fourth-order valence-electron chi connectivity index (χ4n) is 2.41. The van der Waals surface area contributed by atoms with Crippen LogP contribution in [-0.4, -0.2) is 40.2 Å². The van der Waals surface area contributed by atoms with Crippen molar-refractivity contribution in [3.05, 3.63) is 36.0 Å². The lowest BCUT2D eigenvalue weighted by molar-refractivity contribution is -0.132. The summed E-state index contributed by atoms with van der Waals surface area (Å²) in [5.74, 6) is 0.0690. The van der Waals surface area contributed by atoms with Crippen LogP contribution in [0.15, 0.2) is 30.5 Å². The van der Waals surface area contributed by atoms with Crippen molar-refractivity contribution in [1.29, 1.82) is 0 Å². The summed E-state index contributed by atoms with van der Waals surface area (Å²) in [5, 5.41) is 10.3. The van der Waals surface area contributed by atoms with Crippen molar-refractivity contribution in [2.75, 3.05) is 13.7 Å². The molecule has 1 N–H and O–H groups in total. The van der Waals surface area contributed by atoms with Crippen molar-refractivity contribution in [2.45, 2.75) is 25.8 Å². The first kappa shape index (κ1) is 14.6. The molecule has 0 bridgehead atoms. The lowest BCUT2D eigenvalue weighted by Gasteiger charge is -2.23. The molecule has 0 aliphatic heterocycles. The number of aromatic nitrogens is 1. The maximum absolute atomic E-state index is 12.1. The van der Waals surface area contributed by atoms with Crippen molar-refractivity contribution >= 4 is 16.8 Å². The second-order valence-corrected chi connectivity index (χ2v) is 5.32. The summed E-state index contributed by atoms with van der Waals surface area (Å²) in [4.78, 5) is 13.7. The van der Waals surface area contributed by atoms with Crippen LogP contribution in [0.5, 0.6) is 0 Å². The van der Waals surface area contributed by atoms with E-state index in [0.717, 1.165) is 6.42 Å². The van der Waals surface area contributed by atoms with Gasteiger partial charge in [0.2, 0.25) is 5.91 Å². The van der Waals surface area contributed by atoms with E-state index in [0.29, 0.717) is 6.42 Å². The number of likely N-dealkylation sites (N-methyl/N-ethyl adjacent to an activating group) is 1. The van der Waals surface area contributed by atoms with Crippen molar-refractivity contribution in [3.8, 4) is 0 Å². The molecule has 1 amide bonds. The summed E-state index contributed by atoms with van der Waals surface area (Å²) in [5.41, 5.74) is 2.38. The Morgan fingerprint density at radius 3 is 2.80 bits per heavy atom. The van der Waals surface area contributed by atoms with Gasteiger partial charge in [-0.1, -0.05) is 18.2 Å². The number of carbonyl (C=O) groups is 1. The van der Waals surface area contributed by atoms with Crippen LogP contribution in [0.3, 0.4) is 0 Å². The van der Waals surface area contributed by atoms with Gasteiger partial charge in [-0.05, 0) is 25.0 Å². The molecular weight excluding hydrogens is 252 g/mol. The molecule has 0 saturated heterocycles. The smallest absolute Gasteiger partial charge is 0.222 e. The number of benzene rings is 1. The fraction of sp³-hybridized carbons (Fsp3) is 0.438. The number of nitrogens with zero attached hydrogens (tertiary/aromatic N) is 2. The highest BCUT2D eigenvalue weighted by molar-refractivity contribution is 5.85. The second-order valence-electron chi connectivity index (χ2n) is 5.32. The normalized spacial score (nSPS) is 12.6. The Labute approximate surface area is 119 Å². The molecule has 1 aromatic heterocycles. The molecule has 0 aliphatic rings. The zero-order valence-electron chi connectivity index (χ0n) is 12.3. The molecule has 108 valence electrons. The van der Waals surface area contributed by atoms with E-state index in [1.807, 2.05) is 26.1 Å². The number of aliphatic hydroxyl groups is 1. The zero-order chi connectivity index (χ0) is 14.7. The third kappa shape index (κ3) is 2.85. The Balaban J connectivity index is 2.08. The molecule has 0 aliphatic carbocycles. The van der Waals surface area contributed by atoms with Gasteiger partial charge < -0.3 is 14.6 Å². The summed E-state index contributed by atoms with van der Waals surface area (Å²) < 4.78 is 2.09. The molecule has 0 fully saturated rings. The van der Waals surface area contributed by atoms with E-state index in [1.54, 1.807) is 11.9 Å². The Morgan fingerprint density at radius 1 is 1.40 bits per heavy atom. The van der Waals surface area contributed by atoms with Crippen LogP contribution in [-0.2, 0) is 18.3 Å². The number of carbonyl (C=O) groups excluding carboxylic acids is 1. The molecule has 1 atom stereocenters. The monoisotopic (exact) mass is 274 g/mol. The molecule has 0 unspecified atom stereocenters. The number of amides is 1. The number of hydrogen-bond acceptors (Lipinski definition) is 2. The maximum Gasteiger partial charge on any atom is 0.222 e. The molecular formula is C16H22N2O2. The predicted octanol–water partition coefficient (Wildman–Crippen LogP) is 1.95. The topological polar surface area (TPSA) is 45.5 Å². The number of para-hydroxylation sites is 1. The Hall–Kier alpha value is -1.81. The fourth-order valence-corrected chi connectivity index (χ4v) is 2.41. The van der Waals surface area contributed by atoms with Crippen LogP contribution >= 0.6 is 0 Å². The molecule has 1 aromatic carbocycles. The first-order chi connectivity index (χ1) is 9.54. The third-order valence-corrected chi connectivity index (χ3v) is 3.91. The Kier molecular flexibility index (Phi) is 4.45. The lowest BCUT2D eigenvalue weighted by atomic mass is 10.1. The average molecular weight is 274 g/mol. The van der Waals surface area contributed by atoms with Crippen molar-refractivity contribution in [3.63, 3.8) is 0 Å². The molecule has 0 saturated carbocycles. The third-order valence-electron chi connectivity index (χ3n) is 3.91. The highest BCUT2D eigenvalue weighted by Gasteiger charge is 2.15. The van der Waals surface area contributed by atoms with Crippen LogP contribution < -0.4 is 0 Å². The van der Waals surface area contributed by atoms with E-state index in [1.165, 1.54) is 16.5 Å². The van der Waals surface area contributed by atoms with Gasteiger partial charge in [0.25, 0.3) is 0 Å². The van der Waals surface area contributed by atoms with Crippen molar-refractivity contribution < 1.29 is 9.90 Å². The zero-order valence-corrected chi connectivity index (χ0v) is 12.3. The molecule has 4 heteroatoms. The summed E-state index contributed by atoms with van der Waals surface area (Å²) in [7, 11) is 3.76. The number of aliphatic hydroxyl groups excluding tert-OH is 1. The average Bonchev–Trinajstić information content (AvgIpc) is 2.80. The molecule has 0 radical (unpaired) electrons. The van der Waals surface area contributed by atoms with Crippen LogP contribution in [0, 0.1) is 0 Å². The minimum atomic E-state index is -0.130. The standard InChI is InChI=1S/C16H22N2O2/c1-12(11-19)18(3)16(20)9-8-13-10-17(2)15-7-5-4-6-14(13)15/h4-7,10,12,19H,8-9,11H2,1-3H3/t12-/m1/s1. The number of fused-ring (bicyclic) bond motifs is 1. The largest absolute Gasteiger partial charge is 0.394 e. The van der Waals surface area contributed by atoms with Gasteiger partial charge in [0.15, 0.2) is 0 Å². The van der Waals surface area contributed by atoms with Crippen LogP contribution in [0.4, 0.5) is 0 Å². The highest BCUT2D eigenvalue weighted by Crippen LogP contribution is 2.21. The van der Waals surface area contributed by atoms with E-state index in [-0.39, 0.29) is 18.6 Å². The summed E-state index contributed by atoms with van der Waals surface area (Å²) in [6.07, 6.45) is 3.28. The van der Waals surface area contributed by atoms with Gasteiger partial charge in [-0.3, -0.25) is 4.79 Å². The SMILES string of the molecule is C[C@H](CO)N(C)C(=O)CCc1cn(C)c2ccccc12. The van der Waals surface area contributed by atoms with E-state index in [9.17, 15) is 4.79 Å². The predicted molar refractivity (Wildman–Crippen MR) is 80.6 cm³/mol. The Bertz CT molecular complexity index is 604. The van der Waals surface area contributed by atoms with E-state index >= 15 is 0 Å². The summed E-state index contributed by atoms with van der Waals surface area (Å²) in [6, 6.07) is 8.09. The number of hydrogen-bond donors (Lipinski definition) is 1. The van der Waals surface area contributed by atoms with E-state index in [2.05, 4.69) is 22.9 Å². The van der Waals surface area contributed by atoms with Crippen LogP contribution in [0.25, 0.3) is 10.9 Å². The first-order valence-electron chi connectivity index (χ1n) is 6.94. The molecule has 0 spiro atoms. The van der Waals surface area contributed by atoms with Gasteiger partial charge in [0, 0.05) is 37.6 Å². The first-order valence-corrected chi connectivity index (χ1v) is 6.94. The second kappa shape index (κ2) is 6.09. The minimum absolute atomic E-state index is 0.00346. The number of rotatable bonds is 5. The molecule has 1 heterocycles. The van der Waals surface area contributed by atoms with Gasteiger partial charge in [-0.15, -0.1) is 0 Å². The van der Waals surface area contributed by atoms with E-state index in [4.69, 9.17) is 5.11 Å². The summed E-state index contributed by atoms with van der Waals surface area (Å²) >= 11 is 0. The molecule has 4 nitrogen and oxygen atoms in total. The van der Waals surface area contributed by atoms with Crippen LogP contribution in [0.1, 0.15) is 18.9 Å². The summed E-state index contributed by atoms with van der Waals surface area (Å²) in [6.45, 7) is 1.84. The highest BCUT2D eigenvalue weighted by atomic mass is 16.3. The van der Waals surface area contributed by atoms with Gasteiger partial charge in [0.05, 0.1) is 12.6 Å². The molecule has 20 heavy (non-hydrogen) atoms. The quantitative estimate of drug-likeness (QED) is 0.906. The van der Waals surface area contributed by atoms with Gasteiger partial charge >= 0.3 is 0 Å².